The van der Waals surface area contributed by atoms with Gasteiger partial charge < -0.3 is 16.8 Å². The molecule has 1 saturated heterocycles. The lowest BCUT2D eigenvalue weighted by molar-refractivity contribution is -0.133. The van der Waals surface area contributed by atoms with Gasteiger partial charge in [0.2, 0.25) is 11.8 Å². The molecule has 8 nitrogen and oxygen atoms in total. The van der Waals surface area contributed by atoms with Crippen LogP contribution in [0.4, 0.5) is 11.5 Å². The van der Waals surface area contributed by atoms with Crippen molar-refractivity contribution >= 4 is 29.2 Å². The summed E-state index contributed by atoms with van der Waals surface area (Å²) in [5.74, 6) is -1.29. The van der Waals surface area contributed by atoms with E-state index in [1.54, 1.807) is 0 Å². The van der Waals surface area contributed by atoms with Crippen molar-refractivity contribution in [3.63, 3.8) is 0 Å². The second-order valence-corrected chi connectivity index (χ2v) is 4.18. The van der Waals surface area contributed by atoms with Crippen LogP contribution in [0.3, 0.4) is 0 Å². The molecule has 2 heterocycles. The highest BCUT2D eigenvalue weighted by molar-refractivity contribution is 6.03. The van der Waals surface area contributed by atoms with E-state index in [9.17, 15) is 14.4 Å². The number of piperidine rings is 1. The van der Waals surface area contributed by atoms with Crippen LogP contribution in [-0.4, -0.2) is 28.7 Å². The molecule has 1 aliphatic heterocycles. The lowest BCUT2D eigenvalue weighted by Gasteiger charge is -2.23. The number of nitrogen functional groups attached to an aromatic ring is 1. The maximum atomic E-state index is 11.6. The van der Waals surface area contributed by atoms with Crippen LogP contribution in [-0.2, 0) is 9.59 Å². The van der Waals surface area contributed by atoms with Crippen LogP contribution < -0.4 is 22.1 Å². The van der Waals surface area contributed by atoms with E-state index in [-0.39, 0.29) is 23.7 Å². The van der Waals surface area contributed by atoms with Crippen molar-refractivity contribution in [3.05, 3.63) is 17.8 Å². The van der Waals surface area contributed by atoms with Crippen LogP contribution in [0.1, 0.15) is 23.2 Å². The van der Waals surface area contributed by atoms with Crippen LogP contribution in [0.2, 0.25) is 0 Å². The number of aromatic nitrogens is 1. The van der Waals surface area contributed by atoms with E-state index in [4.69, 9.17) is 11.5 Å². The van der Waals surface area contributed by atoms with E-state index in [2.05, 4.69) is 15.6 Å². The number of imide groups is 1. The van der Waals surface area contributed by atoms with Gasteiger partial charge in [-0.15, -0.1) is 0 Å². The van der Waals surface area contributed by atoms with Gasteiger partial charge in [0.05, 0.1) is 17.4 Å². The average molecular weight is 263 g/mol. The monoisotopic (exact) mass is 263 g/mol. The summed E-state index contributed by atoms with van der Waals surface area (Å²) in [6, 6.07) is 0.746. The van der Waals surface area contributed by atoms with Gasteiger partial charge in [-0.1, -0.05) is 0 Å². The summed E-state index contributed by atoms with van der Waals surface area (Å²) >= 11 is 0. The van der Waals surface area contributed by atoms with Gasteiger partial charge in [-0.2, -0.15) is 0 Å². The Hall–Kier alpha value is -2.64. The Morgan fingerprint density at radius 3 is 2.84 bits per heavy atom. The number of hydrogen-bond donors (Lipinski definition) is 4. The van der Waals surface area contributed by atoms with Gasteiger partial charge >= 0.3 is 0 Å². The van der Waals surface area contributed by atoms with Gasteiger partial charge in [0.1, 0.15) is 11.9 Å². The van der Waals surface area contributed by atoms with E-state index < -0.39 is 17.9 Å². The van der Waals surface area contributed by atoms with Crippen LogP contribution >= 0.6 is 0 Å². The number of nitrogens with zero attached hydrogens (tertiary/aromatic N) is 1. The average Bonchev–Trinajstić information content (AvgIpc) is 2.34. The van der Waals surface area contributed by atoms with E-state index in [0.29, 0.717) is 12.1 Å². The highest BCUT2D eigenvalue weighted by Crippen LogP contribution is 2.18. The van der Waals surface area contributed by atoms with Crippen molar-refractivity contribution < 1.29 is 14.4 Å². The first-order chi connectivity index (χ1) is 8.97. The lowest BCUT2D eigenvalue weighted by atomic mass is 10.1. The van der Waals surface area contributed by atoms with Crippen molar-refractivity contribution in [1.82, 2.24) is 10.3 Å². The highest BCUT2D eigenvalue weighted by atomic mass is 16.2. The molecule has 0 saturated carbocycles. The van der Waals surface area contributed by atoms with Gasteiger partial charge in [0.15, 0.2) is 0 Å². The molecule has 1 aromatic heterocycles. The molecule has 100 valence electrons. The Kier molecular flexibility index (Phi) is 3.32. The molecule has 8 heteroatoms. The smallest absolute Gasteiger partial charge is 0.252 e. The van der Waals surface area contributed by atoms with Gasteiger partial charge in [-0.3, -0.25) is 19.7 Å². The highest BCUT2D eigenvalue weighted by Gasteiger charge is 2.27. The third-order valence-corrected chi connectivity index (χ3v) is 2.72. The standard InChI is InChI=1S/C11H13N5O3/c12-5-3-6(9(13)18)10(14-4-5)15-7-1-2-8(17)16-11(7)19/h3-4,7H,1-2,12H2,(H2,13,18)(H,14,15)(H,16,17,19). The molecule has 19 heavy (non-hydrogen) atoms. The molecule has 1 fully saturated rings. The number of carbonyl (C=O) groups is 3. The Morgan fingerprint density at radius 2 is 2.21 bits per heavy atom. The number of pyridine rings is 1. The van der Waals surface area contributed by atoms with Gasteiger partial charge in [-0.25, -0.2) is 4.98 Å². The number of nitrogens with one attached hydrogen (secondary N) is 2. The lowest BCUT2D eigenvalue weighted by Crippen LogP contribution is -2.47. The third kappa shape index (κ3) is 2.79. The molecule has 1 atom stereocenters. The van der Waals surface area contributed by atoms with E-state index in [1.165, 1.54) is 12.3 Å². The molecule has 0 spiro atoms. The molecular formula is C11H13N5O3. The second-order valence-electron chi connectivity index (χ2n) is 4.18. The number of rotatable bonds is 3. The molecule has 6 N–H and O–H groups in total. The minimum Gasteiger partial charge on any atom is -0.397 e. The Labute approximate surface area is 108 Å². The number of carbonyl (C=O) groups excluding carboxylic acids is 3. The zero-order chi connectivity index (χ0) is 14.0. The molecule has 3 amide bonds. The Bertz CT molecular complexity index is 557. The van der Waals surface area contributed by atoms with Crippen LogP contribution in [0.15, 0.2) is 12.3 Å². The normalized spacial score (nSPS) is 18.8. The molecule has 0 bridgehead atoms. The summed E-state index contributed by atoms with van der Waals surface area (Å²) in [6.07, 6.45) is 1.90. The fourth-order valence-corrected chi connectivity index (χ4v) is 1.78. The number of primary amides is 1. The van der Waals surface area contributed by atoms with Crippen LogP contribution in [0, 0.1) is 0 Å². The summed E-state index contributed by atoms with van der Waals surface area (Å²) < 4.78 is 0. The van der Waals surface area contributed by atoms with Crippen molar-refractivity contribution in [2.24, 2.45) is 5.73 Å². The van der Waals surface area contributed by atoms with Crippen LogP contribution in [0.25, 0.3) is 0 Å². The summed E-state index contributed by atoms with van der Waals surface area (Å²) in [7, 11) is 0. The Morgan fingerprint density at radius 1 is 1.47 bits per heavy atom. The maximum absolute atomic E-state index is 11.6. The van der Waals surface area contributed by atoms with Crippen molar-refractivity contribution in [1.29, 1.82) is 0 Å². The second kappa shape index (κ2) is 4.92. The van der Waals surface area contributed by atoms with Gasteiger partial charge in [0, 0.05) is 6.42 Å². The van der Waals surface area contributed by atoms with Crippen molar-refractivity contribution in [2.45, 2.75) is 18.9 Å². The summed E-state index contributed by atoms with van der Waals surface area (Å²) in [5.41, 5.74) is 11.1. The molecule has 1 aliphatic rings. The molecule has 0 aromatic carbocycles. The number of hydrogen-bond acceptors (Lipinski definition) is 6. The zero-order valence-corrected chi connectivity index (χ0v) is 9.97. The van der Waals surface area contributed by atoms with Crippen molar-refractivity contribution in [3.8, 4) is 0 Å². The topological polar surface area (TPSA) is 140 Å². The SMILES string of the molecule is NC(=O)c1cc(N)cnc1NC1CCC(=O)NC1=O. The van der Waals surface area contributed by atoms with Gasteiger partial charge in [-0.05, 0) is 12.5 Å². The molecule has 0 radical (unpaired) electrons. The zero-order valence-electron chi connectivity index (χ0n) is 9.97. The molecule has 0 aliphatic carbocycles. The fourth-order valence-electron chi connectivity index (χ4n) is 1.78. The first kappa shape index (κ1) is 12.8. The predicted octanol–water partition coefficient (Wildman–Crippen LogP) is -1.02. The maximum Gasteiger partial charge on any atom is 0.252 e. The number of anilines is 2. The first-order valence-electron chi connectivity index (χ1n) is 5.63. The first-order valence-corrected chi connectivity index (χ1v) is 5.63. The van der Waals surface area contributed by atoms with E-state index in [0.717, 1.165) is 0 Å². The molecule has 2 rings (SSSR count). The van der Waals surface area contributed by atoms with Gasteiger partial charge in [0.25, 0.3) is 5.91 Å². The predicted molar refractivity (Wildman–Crippen MR) is 67.0 cm³/mol. The molecular weight excluding hydrogens is 250 g/mol. The molecule has 1 unspecified atom stereocenters. The number of amides is 3. The molecule has 1 aromatic rings. The quantitative estimate of drug-likeness (QED) is 0.514. The summed E-state index contributed by atoms with van der Waals surface area (Å²) in [4.78, 5) is 37.8. The minimum absolute atomic E-state index is 0.102. The van der Waals surface area contributed by atoms with E-state index in [1.807, 2.05) is 0 Å². The van der Waals surface area contributed by atoms with Crippen LogP contribution in [0.5, 0.6) is 0 Å². The Balaban J connectivity index is 2.21. The van der Waals surface area contributed by atoms with E-state index >= 15 is 0 Å². The summed E-state index contributed by atoms with van der Waals surface area (Å²) in [5, 5.41) is 5.00. The number of nitrogens with two attached hydrogens (primary N) is 2. The third-order valence-electron chi connectivity index (χ3n) is 2.72. The summed E-state index contributed by atoms with van der Waals surface area (Å²) in [6.45, 7) is 0. The fraction of sp³-hybridized carbons (Fsp3) is 0.273. The van der Waals surface area contributed by atoms with Crippen molar-refractivity contribution in [2.75, 3.05) is 11.1 Å². The minimum atomic E-state index is -0.699. The largest absolute Gasteiger partial charge is 0.397 e.